The van der Waals surface area contributed by atoms with Crippen molar-refractivity contribution in [3.8, 4) is 5.75 Å². The average molecular weight is 467 g/mol. The van der Waals surface area contributed by atoms with Crippen LogP contribution in [0.15, 0.2) is 48.7 Å². The van der Waals surface area contributed by atoms with Crippen molar-refractivity contribution in [2.24, 2.45) is 5.92 Å². The summed E-state index contributed by atoms with van der Waals surface area (Å²) in [6.07, 6.45) is 7.74. The maximum Gasteiger partial charge on any atom is 0.161 e. The van der Waals surface area contributed by atoms with E-state index in [0.717, 1.165) is 79.7 Å². The Hall–Kier alpha value is -2.30. The SMILES string of the molecule is CCc1cccc2c(C(C)=O)cn(CCCN3CCC(CCOc4ccc(Cl)cc4)CC3)c12. The predicted molar refractivity (Wildman–Crippen MR) is 137 cm³/mol. The second-order valence-corrected chi connectivity index (χ2v) is 9.63. The van der Waals surface area contributed by atoms with Crippen molar-refractivity contribution in [1.29, 1.82) is 0 Å². The highest BCUT2D eigenvalue weighted by atomic mass is 35.5. The molecule has 1 aliphatic rings. The summed E-state index contributed by atoms with van der Waals surface area (Å²) in [7, 11) is 0. The first-order valence-corrected chi connectivity index (χ1v) is 12.7. The quantitative estimate of drug-likeness (QED) is 0.314. The summed E-state index contributed by atoms with van der Waals surface area (Å²) in [5.41, 5.74) is 3.41. The molecule has 0 N–H and O–H groups in total. The van der Waals surface area contributed by atoms with Crippen LogP contribution in [0.3, 0.4) is 0 Å². The topological polar surface area (TPSA) is 34.5 Å². The molecule has 3 aromatic rings. The predicted octanol–water partition coefficient (Wildman–Crippen LogP) is 6.63. The number of likely N-dealkylation sites (tertiary alicyclic amines) is 1. The number of carbonyl (C=O) groups excluding carboxylic acids is 1. The van der Waals surface area contributed by atoms with Crippen LogP contribution in [0.25, 0.3) is 10.9 Å². The van der Waals surface area contributed by atoms with Gasteiger partial charge in [-0.3, -0.25) is 4.79 Å². The third-order valence-electron chi connectivity index (χ3n) is 6.93. The minimum absolute atomic E-state index is 0.147. The van der Waals surface area contributed by atoms with Crippen LogP contribution >= 0.6 is 11.6 Å². The van der Waals surface area contributed by atoms with Gasteiger partial charge in [0.15, 0.2) is 5.78 Å². The summed E-state index contributed by atoms with van der Waals surface area (Å²) in [5, 5.41) is 1.84. The van der Waals surface area contributed by atoms with E-state index in [2.05, 4.69) is 40.8 Å². The fourth-order valence-electron chi connectivity index (χ4n) is 5.02. The number of hydrogen-bond acceptors (Lipinski definition) is 3. The van der Waals surface area contributed by atoms with Gasteiger partial charge in [0.2, 0.25) is 0 Å². The standard InChI is InChI=1S/C28H35ClN2O2/c1-3-23-6-4-7-26-27(21(2)32)20-31(28(23)26)16-5-15-30-17-12-22(13-18-30)14-19-33-25-10-8-24(29)9-11-25/h4,6-11,20,22H,3,5,12-19H2,1-2H3. The highest BCUT2D eigenvalue weighted by Gasteiger charge is 2.19. The summed E-state index contributed by atoms with van der Waals surface area (Å²) in [4.78, 5) is 14.7. The van der Waals surface area contributed by atoms with Crippen LogP contribution in [0.4, 0.5) is 0 Å². The van der Waals surface area contributed by atoms with Crippen LogP contribution in [-0.4, -0.2) is 41.5 Å². The van der Waals surface area contributed by atoms with E-state index in [1.165, 1.54) is 23.9 Å². The van der Waals surface area contributed by atoms with Gasteiger partial charge in [-0.25, -0.2) is 0 Å². The summed E-state index contributed by atoms with van der Waals surface area (Å²) < 4.78 is 8.19. The molecule has 5 heteroatoms. The van der Waals surface area contributed by atoms with Crippen LogP contribution < -0.4 is 4.74 Å². The van der Waals surface area contributed by atoms with E-state index in [1.54, 1.807) is 6.92 Å². The Morgan fingerprint density at radius 2 is 1.85 bits per heavy atom. The fraction of sp³-hybridized carbons (Fsp3) is 0.464. The van der Waals surface area contributed by atoms with Crippen LogP contribution in [-0.2, 0) is 13.0 Å². The normalized spacial score (nSPS) is 15.2. The zero-order chi connectivity index (χ0) is 23.2. The average Bonchev–Trinajstić information content (AvgIpc) is 3.21. The molecule has 2 heterocycles. The molecule has 0 bridgehead atoms. The largest absolute Gasteiger partial charge is 0.494 e. The number of aryl methyl sites for hydroxylation is 2. The first kappa shape index (κ1) is 23.8. The van der Waals surface area contributed by atoms with Crippen LogP contribution in [0, 0.1) is 5.92 Å². The number of Topliss-reactive ketones (excluding diaryl/α,β-unsaturated/α-hetero) is 1. The number of carbonyl (C=O) groups is 1. The third kappa shape index (κ3) is 5.99. The Morgan fingerprint density at radius 1 is 1.09 bits per heavy atom. The van der Waals surface area contributed by atoms with Gasteiger partial charge in [0.05, 0.1) is 12.1 Å². The molecule has 33 heavy (non-hydrogen) atoms. The maximum absolute atomic E-state index is 12.2. The summed E-state index contributed by atoms with van der Waals surface area (Å²) in [6.45, 7) is 9.01. The van der Waals surface area contributed by atoms with Crippen molar-refractivity contribution in [3.05, 3.63) is 64.8 Å². The van der Waals surface area contributed by atoms with Crippen molar-refractivity contribution in [3.63, 3.8) is 0 Å². The Bertz CT molecular complexity index is 1070. The molecule has 0 saturated carbocycles. The molecule has 176 valence electrons. The first-order valence-electron chi connectivity index (χ1n) is 12.3. The monoisotopic (exact) mass is 466 g/mol. The van der Waals surface area contributed by atoms with Gasteiger partial charge in [-0.15, -0.1) is 0 Å². The van der Waals surface area contributed by atoms with Gasteiger partial charge >= 0.3 is 0 Å². The Morgan fingerprint density at radius 3 is 2.55 bits per heavy atom. The van der Waals surface area contributed by atoms with Crippen molar-refractivity contribution in [2.45, 2.75) is 52.5 Å². The minimum Gasteiger partial charge on any atom is -0.494 e. The molecular weight excluding hydrogens is 432 g/mol. The van der Waals surface area contributed by atoms with Gasteiger partial charge in [-0.2, -0.15) is 0 Å². The number of benzene rings is 2. The van der Waals surface area contributed by atoms with E-state index >= 15 is 0 Å². The van der Waals surface area contributed by atoms with Crippen LogP contribution in [0.5, 0.6) is 5.75 Å². The number of hydrogen-bond donors (Lipinski definition) is 0. The Kier molecular flexibility index (Phi) is 8.11. The lowest BCUT2D eigenvalue weighted by Crippen LogP contribution is -2.35. The minimum atomic E-state index is 0.147. The molecule has 0 atom stereocenters. The molecular formula is C28H35ClN2O2. The lowest BCUT2D eigenvalue weighted by molar-refractivity contribution is 0.101. The number of ether oxygens (including phenoxy) is 1. The van der Waals surface area contributed by atoms with E-state index < -0.39 is 0 Å². The zero-order valence-corrected chi connectivity index (χ0v) is 20.6. The molecule has 2 aromatic carbocycles. The van der Waals surface area contributed by atoms with Gasteiger partial charge in [-0.1, -0.05) is 36.7 Å². The number of ketones is 1. The fourth-order valence-corrected chi connectivity index (χ4v) is 5.14. The molecule has 4 rings (SSSR count). The van der Waals surface area contributed by atoms with Crippen molar-refractivity contribution < 1.29 is 9.53 Å². The van der Waals surface area contributed by atoms with Crippen LogP contribution in [0.1, 0.15) is 55.5 Å². The lowest BCUT2D eigenvalue weighted by Gasteiger charge is -2.32. The molecule has 0 radical (unpaired) electrons. The van der Waals surface area contributed by atoms with Gasteiger partial charge in [0.1, 0.15) is 5.75 Å². The number of fused-ring (bicyclic) bond motifs is 1. The number of para-hydroxylation sites is 1. The van der Waals surface area contributed by atoms with Crippen molar-refractivity contribution >= 4 is 28.3 Å². The smallest absolute Gasteiger partial charge is 0.161 e. The van der Waals surface area contributed by atoms with Crippen molar-refractivity contribution in [1.82, 2.24) is 9.47 Å². The molecule has 1 saturated heterocycles. The Labute approximate surface area is 202 Å². The van der Waals surface area contributed by atoms with E-state index in [4.69, 9.17) is 16.3 Å². The van der Waals surface area contributed by atoms with E-state index in [1.807, 2.05) is 24.3 Å². The molecule has 0 aliphatic carbocycles. The molecule has 1 aliphatic heterocycles. The summed E-state index contributed by atoms with van der Waals surface area (Å²) in [6, 6.07) is 13.9. The number of rotatable bonds is 10. The first-order chi connectivity index (χ1) is 16.0. The number of halogens is 1. The maximum atomic E-state index is 12.2. The van der Waals surface area contributed by atoms with Gasteiger partial charge in [0.25, 0.3) is 0 Å². The molecule has 1 aromatic heterocycles. The molecule has 1 fully saturated rings. The van der Waals surface area contributed by atoms with Crippen molar-refractivity contribution in [2.75, 3.05) is 26.2 Å². The molecule has 4 nitrogen and oxygen atoms in total. The van der Waals surface area contributed by atoms with Gasteiger partial charge in [-0.05, 0) is 94.4 Å². The van der Waals surface area contributed by atoms with Gasteiger partial charge in [0, 0.05) is 28.7 Å². The third-order valence-corrected chi connectivity index (χ3v) is 7.18. The van der Waals surface area contributed by atoms with Gasteiger partial charge < -0.3 is 14.2 Å². The number of nitrogens with zero attached hydrogens (tertiary/aromatic N) is 2. The molecule has 0 amide bonds. The van der Waals surface area contributed by atoms with Crippen LogP contribution in [0.2, 0.25) is 5.02 Å². The molecule has 0 unspecified atom stereocenters. The highest BCUT2D eigenvalue weighted by Crippen LogP contribution is 2.27. The van der Waals surface area contributed by atoms with E-state index in [-0.39, 0.29) is 5.78 Å². The summed E-state index contributed by atoms with van der Waals surface area (Å²) in [5.74, 6) is 1.79. The second kappa shape index (κ2) is 11.2. The highest BCUT2D eigenvalue weighted by molar-refractivity contribution is 6.30. The Balaban J connectivity index is 1.23. The zero-order valence-electron chi connectivity index (χ0n) is 19.9. The molecule has 0 spiro atoms. The second-order valence-electron chi connectivity index (χ2n) is 9.19. The summed E-state index contributed by atoms with van der Waals surface area (Å²) >= 11 is 5.93. The number of piperidine rings is 1. The van der Waals surface area contributed by atoms with E-state index in [0.29, 0.717) is 0 Å². The number of aromatic nitrogens is 1. The van der Waals surface area contributed by atoms with E-state index in [9.17, 15) is 4.79 Å². The lowest BCUT2D eigenvalue weighted by atomic mass is 9.94.